The van der Waals surface area contributed by atoms with Crippen LogP contribution in [0.4, 0.5) is 5.13 Å². The van der Waals surface area contributed by atoms with Gasteiger partial charge in [0.2, 0.25) is 0 Å². The van der Waals surface area contributed by atoms with Crippen molar-refractivity contribution in [1.82, 2.24) is 14.8 Å². The molecule has 7 heteroatoms. The van der Waals surface area contributed by atoms with E-state index in [0.717, 1.165) is 5.69 Å². The lowest BCUT2D eigenvalue weighted by Gasteiger charge is -2.03. The van der Waals surface area contributed by atoms with Crippen LogP contribution < -0.4 is 5.32 Å². The number of anilines is 1. The van der Waals surface area contributed by atoms with Gasteiger partial charge in [0.15, 0.2) is 5.13 Å². The quantitative estimate of drug-likeness (QED) is 0.834. The zero-order valence-corrected chi connectivity index (χ0v) is 12.0. The van der Waals surface area contributed by atoms with Gasteiger partial charge in [0.05, 0.1) is 16.8 Å². The Kier molecular flexibility index (Phi) is 4.50. The Balaban J connectivity index is 2.13. The maximum atomic E-state index is 12.1. The van der Waals surface area contributed by atoms with E-state index in [1.54, 1.807) is 16.9 Å². The van der Waals surface area contributed by atoms with Gasteiger partial charge in [0, 0.05) is 6.54 Å². The molecule has 2 heterocycles. The fourth-order valence-corrected chi connectivity index (χ4v) is 2.33. The van der Waals surface area contributed by atoms with Crippen LogP contribution in [-0.2, 0) is 6.54 Å². The second-order valence-electron chi connectivity index (χ2n) is 3.93. The van der Waals surface area contributed by atoms with Gasteiger partial charge in [0.1, 0.15) is 12.3 Å². The zero-order chi connectivity index (χ0) is 14.5. The van der Waals surface area contributed by atoms with E-state index in [2.05, 4.69) is 27.2 Å². The molecule has 0 aromatic carbocycles. The van der Waals surface area contributed by atoms with E-state index < -0.39 is 0 Å². The smallest absolute Gasteiger partial charge is 0.275 e. The lowest BCUT2D eigenvalue weighted by Crippen LogP contribution is -2.17. The number of thiazole rings is 1. The maximum absolute atomic E-state index is 12.1. The molecule has 0 aliphatic heterocycles. The number of carbonyl (C=O) groups excluding carboxylic acids is 1. The summed E-state index contributed by atoms with van der Waals surface area (Å²) in [5.74, 6) is 5.03. The molecule has 0 atom stereocenters. The molecule has 0 fully saturated rings. The third-order valence-electron chi connectivity index (χ3n) is 2.45. The molecule has 20 heavy (non-hydrogen) atoms. The van der Waals surface area contributed by atoms with Gasteiger partial charge in [-0.2, -0.15) is 5.10 Å². The van der Waals surface area contributed by atoms with E-state index in [0.29, 0.717) is 22.2 Å². The van der Waals surface area contributed by atoms with E-state index >= 15 is 0 Å². The highest BCUT2D eigenvalue weighted by Gasteiger charge is 2.14. The lowest BCUT2D eigenvalue weighted by molar-refractivity contribution is 0.101. The Morgan fingerprint density at radius 3 is 3.10 bits per heavy atom. The highest BCUT2D eigenvalue weighted by Crippen LogP contribution is 2.18. The van der Waals surface area contributed by atoms with Crippen LogP contribution >= 0.6 is 11.3 Å². The number of rotatable bonds is 3. The first-order chi connectivity index (χ1) is 9.63. The third kappa shape index (κ3) is 3.23. The van der Waals surface area contributed by atoms with Crippen molar-refractivity contribution in [2.45, 2.75) is 20.4 Å². The van der Waals surface area contributed by atoms with Gasteiger partial charge in [-0.3, -0.25) is 14.8 Å². The van der Waals surface area contributed by atoms with Gasteiger partial charge in [-0.15, -0.1) is 0 Å². The van der Waals surface area contributed by atoms with Crippen molar-refractivity contribution >= 4 is 22.4 Å². The van der Waals surface area contributed by atoms with Crippen molar-refractivity contribution in [2.75, 3.05) is 11.9 Å². The van der Waals surface area contributed by atoms with E-state index in [4.69, 9.17) is 5.11 Å². The number of hydrogen-bond acceptors (Lipinski definition) is 5. The van der Waals surface area contributed by atoms with Crippen LogP contribution in [0.15, 0.2) is 12.3 Å². The van der Waals surface area contributed by atoms with E-state index in [1.807, 2.05) is 13.8 Å². The number of aromatic nitrogens is 3. The minimum Gasteiger partial charge on any atom is -0.384 e. The van der Waals surface area contributed by atoms with Crippen LogP contribution in [-0.4, -0.2) is 32.4 Å². The summed E-state index contributed by atoms with van der Waals surface area (Å²) in [6.07, 6.45) is 1.56. The van der Waals surface area contributed by atoms with Gasteiger partial charge in [-0.1, -0.05) is 23.2 Å². The highest BCUT2D eigenvalue weighted by molar-refractivity contribution is 7.16. The molecular weight excluding hydrogens is 276 g/mol. The van der Waals surface area contributed by atoms with Crippen LogP contribution in [0.1, 0.15) is 28.0 Å². The predicted octanol–water partition coefficient (Wildman–Crippen LogP) is 1.26. The Labute approximate surface area is 120 Å². The summed E-state index contributed by atoms with van der Waals surface area (Å²) in [5.41, 5.74) is 1.30. The summed E-state index contributed by atoms with van der Waals surface area (Å²) in [7, 11) is 0. The van der Waals surface area contributed by atoms with Crippen molar-refractivity contribution in [3.8, 4) is 11.8 Å². The third-order valence-corrected chi connectivity index (χ3v) is 3.28. The molecule has 6 nitrogen and oxygen atoms in total. The summed E-state index contributed by atoms with van der Waals surface area (Å²) in [5, 5.41) is 16.0. The Morgan fingerprint density at radius 1 is 1.60 bits per heavy atom. The fraction of sp³-hybridized carbons (Fsp3) is 0.308. The molecule has 2 N–H and O–H groups in total. The van der Waals surface area contributed by atoms with E-state index in [-0.39, 0.29) is 12.5 Å². The molecule has 0 radical (unpaired) electrons. The maximum Gasteiger partial charge on any atom is 0.275 e. The summed E-state index contributed by atoms with van der Waals surface area (Å²) in [4.78, 5) is 16.9. The molecule has 2 aromatic rings. The average Bonchev–Trinajstić information content (AvgIpc) is 3.02. The molecule has 0 aliphatic carbocycles. The lowest BCUT2D eigenvalue weighted by atomic mass is 10.3. The van der Waals surface area contributed by atoms with Gasteiger partial charge >= 0.3 is 0 Å². The molecule has 0 unspecified atom stereocenters. The fourth-order valence-electron chi connectivity index (χ4n) is 1.65. The monoisotopic (exact) mass is 290 g/mol. The minimum absolute atomic E-state index is 0.200. The second kappa shape index (κ2) is 6.32. The van der Waals surface area contributed by atoms with Crippen LogP contribution in [0.5, 0.6) is 0 Å². The number of amides is 1. The number of aryl methyl sites for hydroxylation is 2. The van der Waals surface area contributed by atoms with Crippen molar-refractivity contribution in [1.29, 1.82) is 0 Å². The number of carbonyl (C=O) groups is 1. The van der Waals surface area contributed by atoms with Gasteiger partial charge in [-0.25, -0.2) is 4.98 Å². The summed E-state index contributed by atoms with van der Waals surface area (Å²) in [6, 6.07) is 1.74. The summed E-state index contributed by atoms with van der Waals surface area (Å²) < 4.78 is 1.64. The predicted molar refractivity (Wildman–Crippen MR) is 76.7 cm³/mol. The van der Waals surface area contributed by atoms with Crippen molar-refractivity contribution < 1.29 is 9.90 Å². The standard InChI is InChI=1S/C13H14N4O2S/c1-3-17-11(7-9(2)16-17)12(19)15-13-14-8-10(20-13)5-4-6-18/h7-8,18H,3,6H2,1-2H3,(H,14,15,19). The number of nitrogens with zero attached hydrogens (tertiary/aromatic N) is 3. The van der Waals surface area contributed by atoms with E-state index in [1.165, 1.54) is 11.3 Å². The molecule has 0 saturated heterocycles. The topological polar surface area (TPSA) is 80.0 Å². The summed E-state index contributed by atoms with van der Waals surface area (Å²) >= 11 is 1.26. The number of hydrogen-bond donors (Lipinski definition) is 2. The first-order valence-corrected chi connectivity index (χ1v) is 6.87. The van der Waals surface area contributed by atoms with Gasteiger partial charge in [-0.05, 0) is 19.9 Å². The minimum atomic E-state index is -0.247. The van der Waals surface area contributed by atoms with Crippen LogP contribution in [0.2, 0.25) is 0 Å². The Hall–Kier alpha value is -2.17. The first-order valence-electron chi connectivity index (χ1n) is 6.05. The zero-order valence-electron chi connectivity index (χ0n) is 11.2. The summed E-state index contributed by atoms with van der Waals surface area (Å²) in [6.45, 7) is 4.19. The van der Waals surface area contributed by atoms with Crippen molar-refractivity contribution in [2.24, 2.45) is 0 Å². The van der Waals surface area contributed by atoms with Gasteiger partial charge in [0.25, 0.3) is 5.91 Å². The molecule has 1 amide bonds. The number of aliphatic hydroxyl groups excluding tert-OH is 1. The molecule has 104 valence electrons. The van der Waals surface area contributed by atoms with E-state index in [9.17, 15) is 4.79 Å². The van der Waals surface area contributed by atoms with Crippen LogP contribution in [0.25, 0.3) is 0 Å². The Bertz CT molecular complexity index is 678. The van der Waals surface area contributed by atoms with Gasteiger partial charge < -0.3 is 5.11 Å². The largest absolute Gasteiger partial charge is 0.384 e. The second-order valence-corrected chi connectivity index (χ2v) is 4.96. The molecule has 2 aromatic heterocycles. The van der Waals surface area contributed by atoms with Crippen LogP contribution in [0, 0.1) is 18.8 Å². The molecule has 2 rings (SSSR count). The van der Waals surface area contributed by atoms with Crippen molar-refractivity contribution in [3.05, 3.63) is 28.5 Å². The highest BCUT2D eigenvalue weighted by atomic mass is 32.1. The molecule has 0 spiro atoms. The van der Waals surface area contributed by atoms with Crippen LogP contribution in [0.3, 0.4) is 0 Å². The molecule has 0 saturated carbocycles. The average molecular weight is 290 g/mol. The molecule has 0 aliphatic rings. The normalized spacial score (nSPS) is 9.95. The number of nitrogens with one attached hydrogen (secondary N) is 1. The number of aliphatic hydroxyl groups is 1. The molecule has 0 bridgehead atoms. The molecular formula is C13H14N4O2S. The SMILES string of the molecule is CCn1nc(C)cc1C(=O)Nc1ncc(C#CCO)s1. The Morgan fingerprint density at radius 2 is 2.40 bits per heavy atom. The first kappa shape index (κ1) is 14.2. The van der Waals surface area contributed by atoms with Crippen molar-refractivity contribution in [3.63, 3.8) is 0 Å².